The van der Waals surface area contributed by atoms with Gasteiger partial charge in [-0.1, -0.05) is 11.3 Å². The number of nitrogens with one attached hydrogen (secondary N) is 1. The molecule has 1 N–H and O–H groups in total. The number of likely N-dealkylation sites (N-methyl/N-ethyl adjacent to an activating group) is 1. The van der Waals surface area contributed by atoms with E-state index in [4.69, 9.17) is 0 Å². The highest BCUT2D eigenvalue weighted by Gasteiger charge is 2.21. The predicted molar refractivity (Wildman–Crippen MR) is 80.6 cm³/mol. The van der Waals surface area contributed by atoms with Crippen LogP contribution in [0.15, 0.2) is 18.2 Å². The molecule has 1 saturated heterocycles. The van der Waals surface area contributed by atoms with Gasteiger partial charge in [0, 0.05) is 31.3 Å². The lowest BCUT2D eigenvalue weighted by atomic mass is 10.1. The first-order chi connectivity index (χ1) is 9.67. The first kappa shape index (κ1) is 13.3. The number of thiazole rings is 1. The third-order valence-electron chi connectivity index (χ3n) is 3.67. The van der Waals surface area contributed by atoms with Gasteiger partial charge in [0.1, 0.15) is 0 Å². The van der Waals surface area contributed by atoms with Crippen LogP contribution in [0.4, 0.5) is 10.8 Å². The van der Waals surface area contributed by atoms with Crippen LogP contribution >= 0.6 is 11.3 Å². The molecule has 20 heavy (non-hydrogen) atoms. The molecular formula is C13H16N4O2S. The number of hydrogen-bond acceptors (Lipinski definition) is 6. The Labute approximate surface area is 120 Å². The van der Waals surface area contributed by atoms with Gasteiger partial charge in [0.2, 0.25) is 0 Å². The van der Waals surface area contributed by atoms with Gasteiger partial charge in [0.25, 0.3) is 5.69 Å². The van der Waals surface area contributed by atoms with Crippen LogP contribution in [0.25, 0.3) is 10.2 Å². The van der Waals surface area contributed by atoms with Crippen molar-refractivity contribution in [1.29, 1.82) is 0 Å². The van der Waals surface area contributed by atoms with Crippen molar-refractivity contribution in [2.75, 3.05) is 25.0 Å². The standard InChI is InChI=1S/C13H16N4O2S/c1-14-9-3-2-6-16(8-9)13-15-11-7-10(17(18)19)4-5-12(11)20-13/h4-5,7,9,14H,2-3,6,8H2,1H3/t9-/m0/s1. The predicted octanol–water partition coefficient (Wildman–Crippen LogP) is 2.39. The van der Waals surface area contributed by atoms with Crippen LogP contribution in [0, 0.1) is 10.1 Å². The van der Waals surface area contributed by atoms with E-state index in [1.807, 2.05) is 7.05 Å². The Morgan fingerprint density at radius 1 is 1.55 bits per heavy atom. The van der Waals surface area contributed by atoms with E-state index in [2.05, 4.69) is 15.2 Å². The van der Waals surface area contributed by atoms with E-state index in [1.165, 1.54) is 12.5 Å². The largest absolute Gasteiger partial charge is 0.347 e. The number of anilines is 1. The first-order valence-corrected chi connectivity index (χ1v) is 7.46. The molecule has 1 atom stereocenters. The quantitative estimate of drug-likeness (QED) is 0.694. The summed E-state index contributed by atoms with van der Waals surface area (Å²) in [6, 6.07) is 5.37. The molecule has 0 radical (unpaired) electrons. The van der Waals surface area contributed by atoms with Crippen LogP contribution in [0.1, 0.15) is 12.8 Å². The summed E-state index contributed by atoms with van der Waals surface area (Å²) in [7, 11) is 1.98. The fourth-order valence-corrected chi connectivity index (χ4v) is 3.52. The van der Waals surface area contributed by atoms with Crippen molar-refractivity contribution in [3.05, 3.63) is 28.3 Å². The lowest BCUT2D eigenvalue weighted by Gasteiger charge is -2.32. The third-order valence-corrected chi connectivity index (χ3v) is 4.77. The zero-order valence-corrected chi connectivity index (χ0v) is 12.0. The molecule has 0 bridgehead atoms. The van der Waals surface area contributed by atoms with Gasteiger partial charge >= 0.3 is 0 Å². The topological polar surface area (TPSA) is 71.3 Å². The Hall–Kier alpha value is -1.73. The highest BCUT2D eigenvalue weighted by atomic mass is 32.1. The van der Waals surface area contributed by atoms with Crippen LogP contribution in [0.3, 0.4) is 0 Å². The Morgan fingerprint density at radius 3 is 3.15 bits per heavy atom. The molecule has 2 aromatic rings. The number of aromatic nitrogens is 1. The maximum absolute atomic E-state index is 10.8. The molecule has 1 aromatic carbocycles. The van der Waals surface area contributed by atoms with E-state index >= 15 is 0 Å². The second kappa shape index (κ2) is 5.34. The van der Waals surface area contributed by atoms with E-state index in [9.17, 15) is 10.1 Å². The highest BCUT2D eigenvalue weighted by Crippen LogP contribution is 2.32. The van der Waals surface area contributed by atoms with Gasteiger partial charge in [-0.25, -0.2) is 4.98 Å². The average Bonchev–Trinajstić information content (AvgIpc) is 2.90. The molecule has 1 aromatic heterocycles. The fraction of sp³-hybridized carbons (Fsp3) is 0.462. The van der Waals surface area contributed by atoms with Crippen molar-refractivity contribution in [3.8, 4) is 0 Å². The molecular weight excluding hydrogens is 276 g/mol. The summed E-state index contributed by atoms with van der Waals surface area (Å²) in [6.07, 6.45) is 2.32. The number of piperidine rings is 1. The summed E-state index contributed by atoms with van der Waals surface area (Å²) in [6.45, 7) is 1.94. The Bertz CT molecular complexity index is 642. The van der Waals surface area contributed by atoms with E-state index in [0.717, 1.165) is 29.3 Å². The van der Waals surface area contributed by atoms with E-state index < -0.39 is 0 Å². The van der Waals surface area contributed by atoms with Crippen molar-refractivity contribution < 1.29 is 4.92 Å². The smallest absolute Gasteiger partial charge is 0.271 e. The van der Waals surface area contributed by atoms with Crippen LogP contribution in [-0.4, -0.2) is 36.1 Å². The summed E-state index contributed by atoms with van der Waals surface area (Å²) in [5.41, 5.74) is 0.812. The summed E-state index contributed by atoms with van der Waals surface area (Å²) in [4.78, 5) is 17.2. The number of rotatable bonds is 3. The number of nitro benzene ring substituents is 1. The molecule has 1 aliphatic rings. The molecule has 0 aliphatic carbocycles. The monoisotopic (exact) mass is 292 g/mol. The SMILES string of the molecule is CN[C@H]1CCCN(c2nc3cc([N+](=O)[O-])ccc3s2)C1. The minimum absolute atomic E-state index is 0.0982. The van der Waals surface area contributed by atoms with Gasteiger partial charge in [0.15, 0.2) is 5.13 Å². The van der Waals surface area contributed by atoms with Crippen molar-refractivity contribution in [3.63, 3.8) is 0 Å². The molecule has 7 heteroatoms. The van der Waals surface area contributed by atoms with Crippen molar-refractivity contribution in [1.82, 2.24) is 10.3 Å². The molecule has 0 saturated carbocycles. The van der Waals surface area contributed by atoms with Crippen LogP contribution in [0.2, 0.25) is 0 Å². The van der Waals surface area contributed by atoms with Gasteiger partial charge < -0.3 is 10.2 Å². The second-order valence-electron chi connectivity index (χ2n) is 4.98. The molecule has 6 nitrogen and oxygen atoms in total. The Kier molecular flexibility index (Phi) is 3.54. The van der Waals surface area contributed by atoms with Gasteiger partial charge in [-0.2, -0.15) is 0 Å². The zero-order valence-electron chi connectivity index (χ0n) is 11.2. The number of hydrogen-bond donors (Lipinski definition) is 1. The number of non-ortho nitro benzene ring substituents is 1. The molecule has 1 fully saturated rings. The minimum atomic E-state index is -0.379. The number of fused-ring (bicyclic) bond motifs is 1. The number of nitrogens with zero attached hydrogens (tertiary/aromatic N) is 3. The van der Waals surface area contributed by atoms with Crippen molar-refractivity contribution in [2.24, 2.45) is 0 Å². The van der Waals surface area contributed by atoms with Gasteiger partial charge in [0.05, 0.1) is 15.1 Å². The average molecular weight is 292 g/mol. The maximum atomic E-state index is 10.8. The molecule has 1 aliphatic heterocycles. The zero-order chi connectivity index (χ0) is 14.1. The Balaban J connectivity index is 1.90. The van der Waals surface area contributed by atoms with E-state index in [1.54, 1.807) is 23.5 Å². The lowest BCUT2D eigenvalue weighted by molar-refractivity contribution is -0.384. The summed E-state index contributed by atoms with van der Waals surface area (Å²) < 4.78 is 0.997. The fourth-order valence-electron chi connectivity index (χ4n) is 2.54. The van der Waals surface area contributed by atoms with E-state index in [0.29, 0.717) is 11.6 Å². The highest BCUT2D eigenvalue weighted by molar-refractivity contribution is 7.22. The van der Waals surface area contributed by atoms with Crippen LogP contribution in [0.5, 0.6) is 0 Å². The Morgan fingerprint density at radius 2 is 2.40 bits per heavy atom. The molecule has 0 amide bonds. The lowest BCUT2D eigenvalue weighted by Crippen LogP contribution is -2.44. The molecule has 2 heterocycles. The molecule has 0 spiro atoms. The number of benzene rings is 1. The maximum Gasteiger partial charge on any atom is 0.271 e. The molecule has 0 unspecified atom stereocenters. The minimum Gasteiger partial charge on any atom is -0.347 e. The third kappa shape index (κ3) is 2.46. The van der Waals surface area contributed by atoms with Crippen LogP contribution < -0.4 is 10.2 Å². The second-order valence-corrected chi connectivity index (χ2v) is 5.99. The summed E-state index contributed by atoms with van der Waals surface area (Å²) in [5, 5.41) is 15.1. The summed E-state index contributed by atoms with van der Waals surface area (Å²) >= 11 is 1.60. The number of nitro groups is 1. The van der Waals surface area contributed by atoms with Gasteiger partial charge in [-0.3, -0.25) is 10.1 Å². The van der Waals surface area contributed by atoms with Gasteiger partial charge in [-0.15, -0.1) is 0 Å². The van der Waals surface area contributed by atoms with E-state index in [-0.39, 0.29) is 10.6 Å². The summed E-state index contributed by atoms with van der Waals surface area (Å²) in [5.74, 6) is 0. The van der Waals surface area contributed by atoms with Gasteiger partial charge in [-0.05, 0) is 26.0 Å². The molecule has 106 valence electrons. The molecule has 3 rings (SSSR count). The van der Waals surface area contributed by atoms with Crippen molar-refractivity contribution >= 4 is 32.4 Å². The first-order valence-electron chi connectivity index (χ1n) is 6.64. The van der Waals surface area contributed by atoms with Crippen LogP contribution in [-0.2, 0) is 0 Å². The normalized spacial score (nSPS) is 19.4. The van der Waals surface area contributed by atoms with Crippen molar-refractivity contribution in [2.45, 2.75) is 18.9 Å².